The summed E-state index contributed by atoms with van der Waals surface area (Å²) in [6, 6.07) is 2.00. The third-order valence-electron chi connectivity index (χ3n) is 6.65. The zero-order chi connectivity index (χ0) is 30.3. The highest BCUT2D eigenvalue weighted by atomic mass is 28.4. The van der Waals surface area contributed by atoms with Crippen LogP contribution in [0.4, 0.5) is 0 Å². The van der Waals surface area contributed by atoms with E-state index in [0.717, 1.165) is 48.8 Å². The highest BCUT2D eigenvalue weighted by molar-refractivity contribution is 6.84. The first-order valence-electron chi connectivity index (χ1n) is 14.5. The molecule has 0 unspecified atom stereocenters. The Kier molecular flexibility index (Phi) is 16.6. The molecule has 0 aliphatic heterocycles. The van der Waals surface area contributed by atoms with Gasteiger partial charge in [0.15, 0.2) is 29.7 Å². The minimum atomic E-state index is -1.86. The molecule has 9 nitrogen and oxygen atoms in total. The average Bonchev–Trinajstić information content (AvgIpc) is 2.76. The summed E-state index contributed by atoms with van der Waals surface area (Å²) >= 11 is 0. The average molecular weight is 589 g/mol. The molecule has 39 heavy (non-hydrogen) atoms. The van der Waals surface area contributed by atoms with Crippen LogP contribution < -0.4 is 10.6 Å². The van der Waals surface area contributed by atoms with Crippen molar-refractivity contribution < 1.29 is 32.2 Å². The number of carbonyl (C=O) groups excluding carboxylic acids is 3. The maximum atomic E-state index is 12.4. The summed E-state index contributed by atoms with van der Waals surface area (Å²) < 4.78 is 13.0. The number of amides is 2. The van der Waals surface area contributed by atoms with Crippen LogP contribution in [-0.2, 0) is 23.2 Å². The van der Waals surface area contributed by atoms with Gasteiger partial charge in [-0.05, 0) is 64.5 Å². The highest BCUT2D eigenvalue weighted by Gasteiger charge is 2.32. The highest BCUT2D eigenvalue weighted by Crippen LogP contribution is 2.23. The monoisotopic (exact) mass is 588 g/mol. The largest absolute Gasteiger partial charge is 0.456 e. The number of rotatable bonds is 21. The van der Waals surface area contributed by atoms with Crippen LogP contribution in [-0.4, -0.2) is 117 Å². The zero-order valence-electron chi connectivity index (χ0n) is 26.8. The number of quaternary nitrogens is 2. The van der Waals surface area contributed by atoms with Crippen molar-refractivity contribution in [3.05, 3.63) is 12.2 Å². The number of nitrogens with zero attached hydrogens (tertiary/aromatic N) is 2. The molecule has 0 radical (unpaired) electrons. The summed E-state index contributed by atoms with van der Waals surface area (Å²) in [5, 5.41) is 6.13. The fraction of sp³-hybridized carbons (Fsp3) is 0.821. The summed E-state index contributed by atoms with van der Waals surface area (Å²) in [4.78, 5) is 36.3. The van der Waals surface area contributed by atoms with Crippen LogP contribution in [0, 0.1) is 0 Å². The van der Waals surface area contributed by atoms with Crippen molar-refractivity contribution in [2.75, 3.05) is 74.1 Å². The molecule has 0 spiro atoms. The molecular weight excluding hydrogens is 529 g/mol. The molecule has 0 saturated carbocycles. The van der Waals surface area contributed by atoms with Gasteiger partial charge in [0.2, 0.25) is 0 Å². The summed E-state index contributed by atoms with van der Waals surface area (Å²) in [5.74, 6) is -0.277. The van der Waals surface area contributed by atoms with Crippen LogP contribution in [0.25, 0.3) is 0 Å². The van der Waals surface area contributed by atoms with Gasteiger partial charge in [0.1, 0.15) is 13.2 Å². The Bertz CT molecular complexity index is 801. The van der Waals surface area contributed by atoms with Crippen molar-refractivity contribution in [2.45, 2.75) is 77.8 Å². The van der Waals surface area contributed by atoms with Gasteiger partial charge < -0.3 is 28.5 Å². The maximum absolute atomic E-state index is 12.4. The molecule has 228 valence electrons. The third-order valence-corrected chi connectivity index (χ3v) is 14.2. The number of nitrogens with one attached hydrogen (secondary N) is 2. The molecule has 0 rings (SSSR count). The first-order chi connectivity index (χ1) is 17.8. The summed E-state index contributed by atoms with van der Waals surface area (Å²) in [6.07, 6.45) is 4.11. The molecule has 0 fully saturated rings. The molecule has 0 bridgehead atoms. The molecule has 2 N–H and O–H groups in total. The van der Waals surface area contributed by atoms with E-state index in [4.69, 9.17) is 8.85 Å². The first kappa shape index (κ1) is 37.5. The van der Waals surface area contributed by atoms with Crippen LogP contribution in [0.1, 0.15) is 39.5 Å². The molecule has 11 heteroatoms. The van der Waals surface area contributed by atoms with E-state index in [1.165, 1.54) is 0 Å². The SMILES string of the molecule is C=C(C)C(=O)OCC[N+](C)(C)CC(=O)NCCC[Si](C)(C)O[Si](C)(C)CCCNC(=O)C[N+](C)(C)CCCC. The van der Waals surface area contributed by atoms with Crippen LogP contribution in [0.2, 0.25) is 38.3 Å². The van der Waals surface area contributed by atoms with E-state index < -0.39 is 22.6 Å². The number of hydrogen-bond acceptors (Lipinski definition) is 5. The van der Waals surface area contributed by atoms with E-state index >= 15 is 0 Å². The number of ether oxygens (including phenoxy) is 1. The molecule has 0 aliphatic carbocycles. The molecular formula is C28H60N4O5Si2+2. The molecule has 0 atom stereocenters. The van der Waals surface area contributed by atoms with Gasteiger partial charge in [0.25, 0.3) is 11.8 Å². The molecule has 0 aliphatic rings. The van der Waals surface area contributed by atoms with Crippen LogP contribution in [0.3, 0.4) is 0 Å². The van der Waals surface area contributed by atoms with E-state index in [9.17, 15) is 14.4 Å². The topological polar surface area (TPSA) is 93.7 Å². The lowest BCUT2D eigenvalue weighted by Gasteiger charge is -2.34. The van der Waals surface area contributed by atoms with Crippen molar-refractivity contribution in [3.63, 3.8) is 0 Å². The summed E-state index contributed by atoms with van der Waals surface area (Å²) in [5.41, 5.74) is 0.375. The number of unbranched alkanes of at least 4 members (excludes halogenated alkanes) is 1. The fourth-order valence-electron chi connectivity index (χ4n) is 4.48. The van der Waals surface area contributed by atoms with Crippen LogP contribution >= 0.6 is 0 Å². The smallest absolute Gasteiger partial charge is 0.333 e. The van der Waals surface area contributed by atoms with Crippen molar-refractivity contribution in [1.82, 2.24) is 10.6 Å². The molecule has 0 heterocycles. The van der Waals surface area contributed by atoms with Gasteiger partial charge in [-0.3, -0.25) is 9.59 Å². The number of hydrogen-bond donors (Lipinski definition) is 2. The van der Waals surface area contributed by atoms with Crippen molar-refractivity contribution in [3.8, 4) is 0 Å². The number of carbonyl (C=O) groups is 3. The Morgan fingerprint density at radius 1 is 0.769 bits per heavy atom. The van der Waals surface area contributed by atoms with Crippen LogP contribution in [0.15, 0.2) is 12.2 Å². The van der Waals surface area contributed by atoms with Gasteiger partial charge in [-0.1, -0.05) is 19.9 Å². The van der Waals surface area contributed by atoms with Crippen molar-refractivity contribution in [2.24, 2.45) is 0 Å². The van der Waals surface area contributed by atoms with E-state index in [0.29, 0.717) is 42.8 Å². The second kappa shape index (κ2) is 17.3. The Morgan fingerprint density at radius 3 is 1.62 bits per heavy atom. The summed E-state index contributed by atoms with van der Waals surface area (Å²) in [7, 11) is 4.42. The van der Waals surface area contributed by atoms with E-state index in [1.807, 2.05) is 14.1 Å². The number of likely N-dealkylation sites (N-methyl/N-ethyl adjacent to an activating group) is 2. The predicted molar refractivity (Wildman–Crippen MR) is 165 cm³/mol. The quantitative estimate of drug-likeness (QED) is 0.0704. The lowest BCUT2D eigenvalue weighted by atomic mass is 10.3. The third kappa shape index (κ3) is 20.1. The Balaban J connectivity index is 4.28. The Morgan fingerprint density at radius 2 is 1.21 bits per heavy atom. The minimum absolute atomic E-state index is 0.00378. The zero-order valence-corrected chi connectivity index (χ0v) is 28.8. The first-order valence-corrected chi connectivity index (χ1v) is 20.7. The maximum Gasteiger partial charge on any atom is 0.333 e. The molecule has 0 aromatic carbocycles. The summed E-state index contributed by atoms with van der Waals surface area (Å²) in [6.45, 7) is 20.4. The Labute approximate surface area is 241 Å². The lowest BCUT2D eigenvalue weighted by molar-refractivity contribution is -0.882. The predicted octanol–water partition coefficient (Wildman–Crippen LogP) is 3.50. The Hall–Kier alpha value is -1.54. The normalized spacial score (nSPS) is 12.7. The molecule has 0 aromatic heterocycles. The minimum Gasteiger partial charge on any atom is -0.456 e. The van der Waals surface area contributed by atoms with Gasteiger partial charge in [-0.25, -0.2) is 4.79 Å². The fourth-order valence-corrected chi connectivity index (χ4v) is 13.3. The second-order valence-electron chi connectivity index (χ2n) is 13.4. The van der Waals surface area contributed by atoms with E-state index in [2.05, 4.69) is 64.4 Å². The van der Waals surface area contributed by atoms with Gasteiger partial charge in [-0.15, -0.1) is 0 Å². The molecule has 0 saturated heterocycles. The lowest BCUT2D eigenvalue weighted by Crippen LogP contribution is -2.49. The van der Waals surface area contributed by atoms with Gasteiger partial charge in [-0.2, -0.15) is 0 Å². The molecule has 0 aromatic rings. The number of esters is 1. The van der Waals surface area contributed by atoms with Crippen LogP contribution in [0.5, 0.6) is 0 Å². The van der Waals surface area contributed by atoms with E-state index in [-0.39, 0.29) is 18.4 Å². The molecule has 2 amide bonds. The van der Waals surface area contributed by atoms with Gasteiger partial charge in [0.05, 0.1) is 34.7 Å². The van der Waals surface area contributed by atoms with Crippen molar-refractivity contribution >= 4 is 34.4 Å². The van der Waals surface area contributed by atoms with Gasteiger partial charge >= 0.3 is 5.97 Å². The standard InChI is InChI=1S/C28H58N4O5Si2/c1-12-13-18-31(4,5)23-26(33)29-16-14-21-38(8,9)37-39(10,11)22-15-17-30-27(34)24-32(6,7)19-20-36-28(35)25(2)3/h2,12-24H2,1,3-11H3/p+2. The second-order valence-corrected chi connectivity index (χ2v) is 22.3. The van der Waals surface area contributed by atoms with Gasteiger partial charge in [0, 0.05) is 18.7 Å². The van der Waals surface area contributed by atoms with Crippen molar-refractivity contribution in [1.29, 1.82) is 0 Å². The van der Waals surface area contributed by atoms with E-state index in [1.54, 1.807) is 6.92 Å².